The van der Waals surface area contributed by atoms with Gasteiger partial charge in [-0.15, -0.1) is 11.3 Å². The fourth-order valence-electron chi connectivity index (χ4n) is 3.99. The average molecular weight is 467 g/mol. The third kappa shape index (κ3) is 6.12. The summed E-state index contributed by atoms with van der Waals surface area (Å²) in [6.07, 6.45) is 4.87. The largest absolute Gasteiger partial charge is 0.493 e. The number of para-hydroxylation sites is 1. The lowest BCUT2D eigenvalue weighted by Crippen LogP contribution is -2.37. The number of rotatable bonds is 11. The van der Waals surface area contributed by atoms with E-state index in [4.69, 9.17) is 14.2 Å². The predicted octanol–water partition coefficient (Wildman–Crippen LogP) is 5.01. The number of nitrogens with zero attached hydrogens (tertiary/aromatic N) is 2. The molecule has 2 heterocycles. The van der Waals surface area contributed by atoms with Crippen molar-refractivity contribution < 1.29 is 19.0 Å². The van der Waals surface area contributed by atoms with E-state index in [1.807, 2.05) is 41.3 Å². The van der Waals surface area contributed by atoms with Gasteiger partial charge in [-0.2, -0.15) is 0 Å². The van der Waals surface area contributed by atoms with Gasteiger partial charge in [0, 0.05) is 32.5 Å². The lowest BCUT2D eigenvalue weighted by molar-refractivity contribution is -0.133. The Morgan fingerprint density at radius 2 is 2.18 bits per heavy atom. The first kappa shape index (κ1) is 23.3. The van der Waals surface area contributed by atoms with Crippen molar-refractivity contribution in [1.29, 1.82) is 0 Å². The number of aromatic nitrogens is 1. The third-order valence-corrected chi connectivity index (χ3v) is 6.75. The van der Waals surface area contributed by atoms with Gasteiger partial charge in [0.15, 0.2) is 11.5 Å². The van der Waals surface area contributed by atoms with Crippen molar-refractivity contribution in [3.05, 3.63) is 65.7 Å². The maximum absolute atomic E-state index is 13.3. The van der Waals surface area contributed by atoms with E-state index in [1.54, 1.807) is 24.5 Å². The number of thiazole rings is 1. The summed E-state index contributed by atoms with van der Waals surface area (Å²) in [5.74, 6) is 1.41. The highest BCUT2D eigenvalue weighted by Gasteiger charge is 2.23. The van der Waals surface area contributed by atoms with Gasteiger partial charge in [-0.3, -0.25) is 4.79 Å². The summed E-state index contributed by atoms with van der Waals surface area (Å²) in [4.78, 5) is 19.8. The van der Waals surface area contributed by atoms with Gasteiger partial charge in [-0.05, 0) is 42.7 Å². The Bertz CT molecular complexity index is 1060. The molecule has 1 fully saturated rings. The van der Waals surface area contributed by atoms with Gasteiger partial charge in [0.1, 0.15) is 6.61 Å². The van der Waals surface area contributed by atoms with Gasteiger partial charge in [-0.1, -0.05) is 30.9 Å². The second-order valence-electron chi connectivity index (χ2n) is 8.07. The van der Waals surface area contributed by atoms with E-state index in [0.29, 0.717) is 44.0 Å². The highest BCUT2D eigenvalue weighted by molar-refractivity contribution is 7.18. The molecule has 3 aromatic rings. The zero-order chi connectivity index (χ0) is 23.0. The molecule has 1 atom stereocenters. The van der Waals surface area contributed by atoms with Crippen LogP contribution >= 0.6 is 11.3 Å². The van der Waals surface area contributed by atoms with Crippen LogP contribution < -0.4 is 9.47 Å². The molecule has 1 amide bonds. The first-order valence-electron chi connectivity index (χ1n) is 11.3. The zero-order valence-corrected chi connectivity index (χ0v) is 19.8. The molecule has 0 N–H and O–H groups in total. The normalized spacial score (nSPS) is 15.5. The lowest BCUT2D eigenvalue weighted by atomic mass is 10.1. The van der Waals surface area contributed by atoms with Crippen molar-refractivity contribution in [1.82, 2.24) is 9.88 Å². The highest BCUT2D eigenvalue weighted by Crippen LogP contribution is 2.29. The second-order valence-corrected chi connectivity index (χ2v) is 9.18. The molecule has 33 heavy (non-hydrogen) atoms. The molecular weight excluding hydrogens is 436 g/mol. The van der Waals surface area contributed by atoms with Crippen LogP contribution in [0.2, 0.25) is 0 Å². The van der Waals surface area contributed by atoms with Crippen LogP contribution in [0.15, 0.2) is 55.1 Å². The van der Waals surface area contributed by atoms with Gasteiger partial charge in [0.05, 0.1) is 28.4 Å². The van der Waals surface area contributed by atoms with E-state index in [0.717, 1.165) is 40.2 Å². The number of amides is 1. The molecular formula is C26H30N2O4S. The summed E-state index contributed by atoms with van der Waals surface area (Å²) in [5.41, 5.74) is 1.98. The maximum Gasteiger partial charge on any atom is 0.223 e. The topological polar surface area (TPSA) is 60.9 Å². The summed E-state index contributed by atoms with van der Waals surface area (Å²) in [6.45, 7) is 5.95. The number of carbonyl (C=O) groups excluding carboxylic acids is 1. The van der Waals surface area contributed by atoms with Crippen molar-refractivity contribution in [2.45, 2.75) is 38.3 Å². The summed E-state index contributed by atoms with van der Waals surface area (Å²) in [7, 11) is 1.62. The molecule has 0 saturated carbocycles. The third-order valence-electron chi connectivity index (χ3n) is 5.65. The van der Waals surface area contributed by atoms with Crippen molar-refractivity contribution in [2.75, 3.05) is 26.9 Å². The minimum atomic E-state index is 0.0912. The Hall–Kier alpha value is -2.90. The van der Waals surface area contributed by atoms with E-state index in [1.165, 1.54) is 0 Å². The van der Waals surface area contributed by atoms with Crippen molar-refractivity contribution >= 4 is 27.5 Å². The molecule has 0 aliphatic carbocycles. The van der Waals surface area contributed by atoms with E-state index < -0.39 is 0 Å². The van der Waals surface area contributed by atoms with E-state index in [9.17, 15) is 4.79 Å². The molecule has 7 heteroatoms. The van der Waals surface area contributed by atoms with E-state index in [2.05, 4.69) is 17.6 Å². The fraction of sp³-hybridized carbons (Fsp3) is 0.385. The minimum absolute atomic E-state index is 0.0912. The summed E-state index contributed by atoms with van der Waals surface area (Å²) < 4.78 is 18.1. The Kier molecular flexibility index (Phi) is 7.96. The monoisotopic (exact) mass is 466 g/mol. The molecule has 2 aromatic carbocycles. The second kappa shape index (κ2) is 11.3. The van der Waals surface area contributed by atoms with Crippen molar-refractivity contribution in [3.63, 3.8) is 0 Å². The summed E-state index contributed by atoms with van der Waals surface area (Å²) >= 11 is 1.66. The van der Waals surface area contributed by atoms with Crippen LogP contribution in [0.5, 0.6) is 11.5 Å². The Morgan fingerprint density at radius 1 is 1.30 bits per heavy atom. The molecule has 6 nitrogen and oxygen atoms in total. The van der Waals surface area contributed by atoms with Crippen LogP contribution in [-0.4, -0.2) is 48.8 Å². The smallest absolute Gasteiger partial charge is 0.223 e. The Balaban J connectivity index is 1.45. The number of aryl methyl sites for hydroxylation is 1. The fourth-order valence-corrected chi connectivity index (χ4v) is 4.95. The lowest BCUT2D eigenvalue weighted by Gasteiger charge is -2.26. The van der Waals surface area contributed by atoms with Crippen LogP contribution in [-0.2, 0) is 22.5 Å². The SMILES string of the molecule is C=CCOc1ccc(CN(CC2CCCO2)C(=O)CCc2nc3ccccc3s2)cc1OC. The molecule has 1 unspecified atom stereocenters. The van der Waals surface area contributed by atoms with Gasteiger partial charge >= 0.3 is 0 Å². The first-order valence-corrected chi connectivity index (χ1v) is 12.1. The predicted molar refractivity (Wildman–Crippen MR) is 131 cm³/mol. The number of benzene rings is 2. The maximum atomic E-state index is 13.3. The number of fused-ring (bicyclic) bond motifs is 1. The molecule has 4 rings (SSSR count). The highest BCUT2D eigenvalue weighted by atomic mass is 32.1. The van der Waals surface area contributed by atoms with Gasteiger partial charge in [-0.25, -0.2) is 4.98 Å². The molecule has 1 aliphatic rings. The number of hydrogen-bond acceptors (Lipinski definition) is 6. The molecule has 174 valence electrons. The number of ether oxygens (including phenoxy) is 3. The molecule has 0 radical (unpaired) electrons. The average Bonchev–Trinajstić information content (AvgIpc) is 3.50. The van der Waals surface area contributed by atoms with Crippen LogP contribution in [0, 0.1) is 0 Å². The van der Waals surface area contributed by atoms with E-state index in [-0.39, 0.29) is 12.0 Å². The summed E-state index contributed by atoms with van der Waals surface area (Å²) in [5, 5.41) is 0.993. The Labute approximate surface area is 198 Å². The molecule has 0 spiro atoms. The van der Waals surface area contributed by atoms with Crippen molar-refractivity contribution in [3.8, 4) is 11.5 Å². The first-order chi connectivity index (χ1) is 16.2. The number of carbonyl (C=O) groups is 1. The van der Waals surface area contributed by atoms with Crippen LogP contribution in [0.3, 0.4) is 0 Å². The zero-order valence-electron chi connectivity index (χ0n) is 19.0. The minimum Gasteiger partial charge on any atom is -0.493 e. The summed E-state index contributed by atoms with van der Waals surface area (Å²) in [6, 6.07) is 13.9. The molecule has 1 saturated heterocycles. The van der Waals surface area contributed by atoms with Crippen LogP contribution in [0.4, 0.5) is 0 Å². The number of methoxy groups -OCH3 is 1. The molecule has 1 aromatic heterocycles. The quantitative estimate of drug-likeness (QED) is 0.372. The standard InChI is InChI=1S/C26H30N2O4S/c1-3-14-32-22-11-10-19(16-23(22)30-2)17-28(18-20-7-6-15-31-20)26(29)13-12-25-27-21-8-4-5-9-24(21)33-25/h3-5,8-11,16,20H,1,6-7,12-15,17-18H2,2H3. The molecule has 0 bridgehead atoms. The van der Waals surface area contributed by atoms with Gasteiger partial charge < -0.3 is 19.1 Å². The van der Waals surface area contributed by atoms with Gasteiger partial charge in [0.2, 0.25) is 5.91 Å². The Morgan fingerprint density at radius 3 is 2.94 bits per heavy atom. The van der Waals surface area contributed by atoms with Crippen LogP contribution in [0.1, 0.15) is 29.8 Å². The van der Waals surface area contributed by atoms with Gasteiger partial charge in [0.25, 0.3) is 0 Å². The van der Waals surface area contributed by atoms with Crippen LogP contribution in [0.25, 0.3) is 10.2 Å². The molecule has 1 aliphatic heterocycles. The van der Waals surface area contributed by atoms with Crippen molar-refractivity contribution in [2.24, 2.45) is 0 Å². The number of hydrogen-bond donors (Lipinski definition) is 0. The van der Waals surface area contributed by atoms with E-state index >= 15 is 0 Å².